The maximum atomic E-state index is 6.23. The van der Waals surface area contributed by atoms with Gasteiger partial charge in [0, 0.05) is 56.1 Å². The van der Waals surface area contributed by atoms with Crippen molar-refractivity contribution in [2.24, 2.45) is 10.9 Å². The van der Waals surface area contributed by atoms with Crippen LogP contribution >= 0.6 is 51.5 Å². The molecule has 148 valence electrons. The van der Waals surface area contributed by atoms with Crippen molar-refractivity contribution in [3.63, 3.8) is 0 Å². The number of nitrogens with one attached hydrogen (secondary N) is 2. The molecule has 1 aliphatic heterocycles. The Hall–Kier alpha value is -0.0900. The summed E-state index contributed by atoms with van der Waals surface area (Å²) in [6.07, 6.45) is 3.18. The SMILES string of the molecule is CN=C(NCCCOCC1CCOCC1)NCc1ccc(Br)cc1Cl.I. The van der Waals surface area contributed by atoms with Crippen LogP contribution in [0.5, 0.6) is 0 Å². The lowest BCUT2D eigenvalue weighted by molar-refractivity contribution is 0.0203. The number of hydrogen-bond acceptors (Lipinski definition) is 3. The van der Waals surface area contributed by atoms with E-state index in [2.05, 4.69) is 31.6 Å². The molecule has 1 saturated heterocycles. The molecule has 0 radical (unpaired) electrons. The van der Waals surface area contributed by atoms with E-state index in [1.54, 1.807) is 7.05 Å². The van der Waals surface area contributed by atoms with E-state index >= 15 is 0 Å². The molecule has 8 heteroatoms. The average Bonchev–Trinajstić information content (AvgIpc) is 2.62. The maximum absolute atomic E-state index is 6.23. The van der Waals surface area contributed by atoms with Crippen molar-refractivity contribution < 1.29 is 9.47 Å². The van der Waals surface area contributed by atoms with Crippen molar-refractivity contribution >= 4 is 57.5 Å². The topological polar surface area (TPSA) is 54.9 Å². The summed E-state index contributed by atoms with van der Waals surface area (Å²) >= 11 is 9.64. The fraction of sp³-hybridized carbons (Fsp3) is 0.611. The summed E-state index contributed by atoms with van der Waals surface area (Å²) in [5.74, 6) is 1.43. The van der Waals surface area contributed by atoms with Crippen LogP contribution in [0.25, 0.3) is 0 Å². The Bertz CT molecular complexity index is 557. The van der Waals surface area contributed by atoms with Gasteiger partial charge in [0.15, 0.2) is 5.96 Å². The first-order valence-electron chi connectivity index (χ1n) is 8.73. The number of ether oxygens (including phenoxy) is 2. The molecule has 26 heavy (non-hydrogen) atoms. The Morgan fingerprint density at radius 2 is 2.12 bits per heavy atom. The highest BCUT2D eigenvalue weighted by Gasteiger charge is 2.13. The van der Waals surface area contributed by atoms with Gasteiger partial charge in [-0.25, -0.2) is 0 Å². The summed E-state index contributed by atoms with van der Waals surface area (Å²) in [6, 6.07) is 5.87. The van der Waals surface area contributed by atoms with Crippen molar-refractivity contribution in [2.45, 2.75) is 25.8 Å². The molecule has 1 aliphatic rings. The number of rotatable bonds is 8. The number of nitrogens with zero attached hydrogens (tertiary/aromatic N) is 1. The number of hydrogen-bond donors (Lipinski definition) is 2. The van der Waals surface area contributed by atoms with Crippen molar-refractivity contribution in [3.8, 4) is 0 Å². The Kier molecular flexibility index (Phi) is 12.9. The van der Waals surface area contributed by atoms with Gasteiger partial charge < -0.3 is 20.1 Å². The van der Waals surface area contributed by atoms with E-state index < -0.39 is 0 Å². The minimum Gasteiger partial charge on any atom is -0.381 e. The lowest BCUT2D eigenvalue weighted by Crippen LogP contribution is -2.37. The van der Waals surface area contributed by atoms with Gasteiger partial charge in [-0.15, -0.1) is 24.0 Å². The Labute approximate surface area is 186 Å². The number of aliphatic imine (C=N–C) groups is 1. The van der Waals surface area contributed by atoms with Gasteiger partial charge in [-0.1, -0.05) is 33.6 Å². The highest BCUT2D eigenvalue weighted by atomic mass is 127. The van der Waals surface area contributed by atoms with E-state index in [-0.39, 0.29) is 24.0 Å². The molecular formula is C18H28BrClIN3O2. The van der Waals surface area contributed by atoms with E-state index in [0.717, 1.165) is 73.3 Å². The van der Waals surface area contributed by atoms with Crippen molar-refractivity contribution in [1.29, 1.82) is 0 Å². The zero-order valence-electron chi connectivity index (χ0n) is 15.1. The van der Waals surface area contributed by atoms with Gasteiger partial charge in [0.05, 0.1) is 0 Å². The third kappa shape index (κ3) is 9.21. The van der Waals surface area contributed by atoms with Crippen molar-refractivity contribution in [1.82, 2.24) is 10.6 Å². The molecule has 0 saturated carbocycles. The van der Waals surface area contributed by atoms with Crippen LogP contribution in [0.2, 0.25) is 5.02 Å². The normalized spacial score (nSPS) is 15.4. The van der Waals surface area contributed by atoms with Crippen LogP contribution in [0.15, 0.2) is 27.7 Å². The van der Waals surface area contributed by atoms with Crippen LogP contribution in [0.4, 0.5) is 0 Å². The van der Waals surface area contributed by atoms with Crippen LogP contribution < -0.4 is 10.6 Å². The Morgan fingerprint density at radius 1 is 1.35 bits per heavy atom. The lowest BCUT2D eigenvalue weighted by Gasteiger charge is -2.21. The average molecular weight is 561 g/mol. The van der Waals surface area contributed by atoms with E-state index in [1.165, 1.54) is 0 Å². The predicted octanol–water partition coefficient (Wildman–Crippen LogP) is 4.22. The van der Waals surface area contributed by atoms with Gasteiger partial charge in [-0.05, 0) is 42.9 Å². The molecule has 0 aromatic heterocycles. The summed E-state index contributed by atoms with van der Waals surface area (Å²) in [7, 11) is 1.76. The van der Waals surface area contributed by atoms with Crippen LogP contribution in [-0.4, -0.2) is 46.0 Å². The molecule has 0 aliphatic carbocycles. The first-order chi connectivity index (χ1) is 12.2. The largest absolute Gasteiger partial charge is 0.381 e. The lowest BCUT2D eigenvalue weighted by atomic mass is 10.0. The van der Waals surface area contributed by atoms with Crippen LogP contribution in [-0.2, 0) is 16.0 Å². The van der Waals surface area contributed by atoms with Gasteiger partial charge in [0.2, 0.25) is 0 Å². The van der Waals surface area contributed by atoms with Gasteiger partial charge in [0.1, 0.15) is 0 Å². The van der Waals surface area contributed by atoms with Gasteiger partial charge in [-0.2, -0.15) is 0 Å². The summed E-state index contributed by atoms with van der Waals surface area (Å²) in [5, 5.41) is 7.30. The van der Waals surface area contributed by atoms with Crippen LogP contribution in [0, 0.1) is 5.92 Å². The summed E-state index contributed by atoms with van der Waals surface area (Å²) in [4.78, 5) is 4.23. The highest BCUT2D eigenvalue weighted by molar-refractivity contribution is 14.0. The predicted molar refractivity (Wildman–Crippen MR) is 122 cm³/mol. The monoisotopic (exact) mass is 559 g/mol. The molecule has 0 unspecified atom stereocenters. The third-order valence-corrected chi connectivity index (χ3v) is 4.98. The molecule has 0 atom stereocenters. The Morgan fingerprint density at radius 3 is 2.81 bits per heavy atom. The number of guanidine groups is 1. The molecule has 1 aromatic carbocycles. The third-order valence-electron chi connectivity index (χ3n) is 4.14. The zero-order valence-corrected chi connectivity index (χ0v) is 19.8. The molecule has 0 spiro atoms. The molecule has 2 rings (SSSR count). The second kappa shape index (κ2) is 14.0. The van der Waals surface area contributed by atoms with Crippen molar-refractivity contribution in [3.05, 3.63) is 33.3 Å². The van der Waals surface area contributed by atoms with Crippen molar-refractivity contribution in [2.75, 3.05) is 40.0 Å². The van der Waals surface area contributed by atoms with Gasteiger partial charge >= 0.3 is 0 Å². The minimum absolute atomic E-state index is 0. The summed E-state index contributed by atoms with van der Waals surface area (Å²) in [5.41, 5.74) is 1.03. The molecule has 1 heterocycles. The molecule has 5 nitrogen and oxygen atoms in total. The fourth-order valence-electron chi connectivity index (χ4n) is 2.61. The first kappa shape index (κ1) is 23.9. The molecule has 2 N–H and O–H groups in total. The van der Waals surface area contributed by atoms with E-state index in [1.807, 2.05) is 18.2 Å². The van der Waals surface area contributed by atoms with Gasteiger partial charge in [0.25, 0.3) is 0 Å². The minimum atomic E-state index is 0. The second-order valence-corrected chi connectivity index (χ2v) is 7.40. The summed E-state index contributed by atoms with van der Waals surface area (Å²) in [6.45, 7) is 4.81. The fourth-order valence-corrected chi connectivity index (χ4v) is 3.35. The molecule has 1 aromatic rings. The Balaban J connectivity index is 0.00000338. The maximum Gasteiger partial charge on any atom is 0.191 e. The molecular weight excluding hydrogens is 532 g/mol. The smallest absolute Gasteiger partial charge is 0.191 e. The van der Waals surface area contributed by atoms with E-state index in [4.69, 9.17) is 21.1 Å². The van der Waals surface area contributed by atoms with Crippen LogP contribution in [0.1, 0.15) is 24.8 Å². The molecule has 0 amide bonds. The number of halogens is 3. The first-order valence-corrected chi connectivity index (χ1v) is 9.90. The second-order valence-electron chi connectivity index (χ2n) is 6.07. The zero-order chi connectivity index (χ0) is 17.9. The quantitative estimate of drug-likeness (QED) is 0.217. The summed E-state index contributed by atoms with van der Waals surface area (Å²) < 4.78 is 12.1. The highest BCUT2D eigenvalue weighted by Crippen LogP contribution is 2.21. The molecule has 1 fully saturated rings. The number of benzene rings is 1. The molecule has 0 bridgehead atoms. The van der Waals surface area contributed by atoms with E-state index in [9.17, 15) is 0 Å². The van der Waals surface area contributed by atoms with E-state index in [0.29, 0.717) is 12.5 Å². The standard InChI is InChI=1S/C18H27BrClN3O2.HI/c1-21-18(23-12-15-3-4-16(19)11-17(15)20)22-7-2-8-25-13-14-5-9-24-10-6-14;/h3-4,11,14H,2,5-10,12-13H2,1H3,(H2,21,22,23);1H. The van der Waals surface area contributed by atoms with Crippen LogP contribution in [0.3, 0.4) is 0 Å². The van der Waals surface area contributed by atoms with Gasteiger partial charge in [-0.3, -0.25) is 4.99 Å².